The highest BCUT2D eigenvalue weighted by Gasteiger charge is 2.23. The maximum atomic E-state index is 12.3. The summed E-state index contributed by atoms with van der Waals surface area (Å²) in [5, 5.41) is 5.67. The number of likely N-dealkylation sites (tertiary alicyclic amines) is 1. The Kier molecular flexibility index (Phi) is 7.36. The minimum atomic E-state index is -0.204. The highest BCUT2D eigenvalue weighted by atomic mass is 16.2. The molecule has 0 aliphatic carbocycles. The molecular weight excluding hydrogens is 326 g/mol. The summed E-state index contributed by atoms with van der Waals surface area (Å²) in [6.45, 7) is 7.53. The zero-order valence-electron chi connectivity index (χ0n) is 15.5. The van der Waals surface area contributed by atoms with Crippen molar-refractivity contribution in [1.29, 1.82) is 0 Å². The molecule has 2 amide bonds. The van der Waals surface area contributed by atoms with Crippen molar-refractivity contribution >= 4 is 17.5 Å². The van der Waals surface area contributed by atoms with E-state index in [1.165, 1.54) is 0 Å². The Bertz CT molecular complexity index is 699. The van der Waals surface area contributed by atoms with Gasteiger partial charge in [0, 0.05) is 22.9 Å². The molecule has 0 saturated carbocycles. The zero-order chi connectivity index (χ0) is 18.9. The lowest BCUT2D eigenvalue weighted by atomic mass is 9.96. The van der Waals surface area contributed by atoms with Crippen molar-refractivity contribution in [3.05, 3.63) is 66.4 Å². The molecule has 5 heteroatoms. The third-order valence-corrected chi connectivity index (χ3v) is 4.44. The average Bonchev–Trinajstić information content (AvgIpc) is 2.63. The average molecular weight is 353 g/mol. The summed E-state index contributed by atoms with van der Waals surface area (Å²) < 4.78 is 0. The van der Waals surface area contributed by atoms with Crippen LogP contribution >= 0.6 is 0 Å². The Balaban J connectivity index is 1.86. The van der Waals surface area contributed by atoms with Gasteiger partial charge in [-0.3, -0.25) is 9.59 Å². The summed E-state index contributed by atoms with van der Waals surface area (Å²) in [6.07, 6.45) is 6.76. The summed E-state index contributed by atoms with van der Waals surface area (Å²) in [4.78, 5) is 26.8. The molecule has 1 saturated heterocycles. The van der Waals surface area contributed by atoms with Crippen LogP contribution in [0.25, 0.3) is 0 Å². The Morgan fingerprint density at radius 1 is 1.15 bits per heavy atom. The Hall–Kier alpha value is -2.66. The first-order valence-corrected chi connectivity index (χ1v) is 8.88. The molecule has 1 aromatic carbocycles. The van der Waals surface area contributed by atoms with E-state index >= 15 is 0 Å². The number of nitrogens with zero attached hydrogens (tertiary/aromatic N) is 1. The van der Waals surface area contributed by atoms with Gasteiger partial charge in [0.2, 0.25) is 5.91 Å². The van der Waals surface area contributed by atoms with Crippen molar-refractivity contribution in [1.82, 2.24) is 10.2 Å². The van der Waals surface area contributed by atoms with Crippen LogP contribution in [0.15, 0.2) is 66.4 Å². The third kappa shape index (κ3) is 6.01. The Labute approximate surface area is 155 Å². The lowest BCUT2D eigenvalue weighted by Crippen LogP contribution is -2.38. The maximum absolute atomic E-state index is 12.3. The van der Waals surface area contributed by atoms with E-state index in [0.29, 0.717) is 11.3 Å². The van der Waals surface area contributed by atoms with Crippen molar-refractivity contribution in [3.8, 4) is 0 Å². The number of anilines is 1. The molecule has 0 spiro atoms. The monoisotopic (exact) mass is 353 g/mol. The number of nitrogens with one attached hydrogen (secondary N) is 2. The second-order valence-corrected chi connectivity index (χ2v) is 6.49. The van der Waals surface area contributed by atoms with E-state index in [1.54, 1.807) is 25.2 Å². The van der Waals surface area contributed by atoms with Crippen molar-refractivity contribution in [2.24, 2.45) is 5.92 Å². The summed E-state index contributed by atoms with van der Waals surface area (Å²) in [5.41, 5.74) is 1.73. The van der Waals surface area contributed by atoms with E-state index < -0.39 is 0 Å². The molecule has 2 rings (SSSR count). The zero-order valence-corrected chi connectivity index (χ0v) is 15.5. The number of allylic oxidation sites excluding steroid dienone is 2. The summed E-state index contributed by atoms with van der Waals surface area (Å²) in [7, 11) is 2.06. The van der Waals surface area contributed by atoms with E-state index in [-0.39, 0.29) is 17.7 Å². The van der Waals surface area contributed by atoms with Gasteiger partial charge in [-0.1, -0.05) is 30.9 Å². The van der Waals surface area contributed by atoms with Crippen LogP contribution in [0.5, 0.6) is 0 Å². The fraction of sp³-hybridized carbons (Fsp3) is 0.333. The number of piperidine rings is 1. The van der Waals surface area contributed by atoms with Crippen LogP contribution < -0.4 is 10.6 Å². The normalized spacial score (nSPS) is 16.5. The van der Waals surface area contributed by atoms with Crippen molar-refractivity contribution in [3.63, 3.8) is 0 Å². The molecule has 1 aliphatic heterocycles. The molecule has 0 unspecified atom stereocenters. The predicted molar refractivity (Wildman–Crippen MR) is 105 cm³/mol. The van der Waals surface area contributed by atoms with Crippen molar-refractivity contribution in [2.45, 2.75) is 19.8 Å². The number of rotatable bonds is 6. The molecule has 1 heterocycles. The lowest BCUT2D eigenvalue weighted by molar-refractivity contribution is -0.125. The second-order valence-electron chi connectivity index (χ2n) is 6.49. The largest absolute Gasteiger partial charge is 0.326 e. The fourth-order valence-electron chi connectivity index (χ4n) is 2.79. The Morgan fingerprint density at radius 2 is 1.81 bits per heavy atom. The smallest absolute Gasteiger partial charge is 0.255 e. The first kappa shape index (κ1) is 19.7. The highest BCUT2D eigenvalue weighted by molar-refractivity contribution is 6.05. The van der Waals surface area contributed by atoms with Gasteiger partial charge in [-0.25, -0.2) is 0 Å². The standard InChI is InChI=1S/C21H27N3O2/c1-4-17(20(25)23-19-8-6-5-7-9-19)11-10-16(2)22-21(26)18-12-14-24(3)15-13-18/h4-11,18H,2,12-15H2,1,3H3,(H,22,26)(H,23,25)/b11-10-,17-4+. The van der Waals surface area contributed by atoms with E-state index in [1.807, 2.05) is 30.3 Å². The van der Waals surface area contributed by atoms with E-state index in [9.17, 15) is 9.59 Å². The van der Waals surface area contributed by atoms with Crippen LogP contribution in [-0.4, -0.2) is 36.9 Å². The van der Waals surface area contributed by atoms with Gasteiger partial charge in [-0.2, -0.15) is 0 Å². The SMILES string of the molecule is C=C(/C=C\C(=C/C)C(=O)Nc1ccccc1)NC(=O)C1CCN(C)CC1. The quantitative estimate of drug-likeness (QED) is 0.610. The molecule has 1 aromatic rings. The molecule has 0 aromatic heterocycles. The summed E-state index contributed by atoms with van der Waals surface area (Å²) >= 11 is 0. The molecule has 5 nitrogen and oxygen atoms in total. The molecule has 2 N–H and O–H groups in total. The number of hydrogen-bond acceptors (Lipinski definition) is 3. The van der Waals surface area contributed by atoms with Gasteiger partial charge in [0.05, 0.1) is 0 Å². The number of para-hydroxylation sites is 1. The molecule has 1 fully saturated rings. The van der Waals surface area contributed by atoms with Gasteiger partial charge in [0.25, 0.3) is 5.91 Å². The molecule has 1 aliphatic rings. The van der Waals surface area contributed by atoms with Gasteiger partial charge >= 0.3 is 0 Å². The number of benzene rings is 1. The van der Waals surface area contributed by atoms with Gasteiger partial charge < -0.3 is 15.5 Å². The lowest BCUT2D eigenvalue weighted by Gasteiger charge is -2.28. The number of carbonyl (C=O) groups is 2. The molecule has 26 heavy (non-hydrogen) atoms. The molecule has 0 atom stereocenters. The number of hydrogen-bond donors (Lipinski definition) is 2. The van der Waals surface area contributed by atoms with Gasteiger partial charge in [0.1, 0.15) is 0 Å². The predicted octanol–water partition coefficient (Wildman–Crippen LogP) is 3.10. The molecular formula is C21H27N3O2. The van der Waals surface area contributed by atoms with E-state index in [2.05, 4.69) is 29.2 Å². The fourth-order valence-corrected chi connectivity index (χ4v) is 2.79. The van der Waals surface area contributed by atoms with Crippen molar-refractivity contribution < 1.29 is 9.59 Å². The Morgan fingerprint density at radius 3 is 2.42 bits per heavy atom. The summed E-state index contributed by atoms with van der Waals surface area (Å²) in [5.74, 6) is -0.174. The van der Waals surface area contributed by atoms with Crippen LogP contribution in [0.1, 0.15) is 19.8 Å². The summed E-state index contributed by atoms with van der Waals surface area (Å²) in [6, 6.07) is 9.27. The van der Waals surface area contributed by atoms with E-state index in [0.717, 1.165) is 31.6 Å². The first-order valence-electron chi connectivity index (χ1n) is 8.88. The van der Waals surface area contributed by atoms with Crippen LogP contribution in [0, 0.1) is 5.92 Å². The first-order chi connectivity index (χ1) is 12.5. The van der Waals surface area contributed by atoms with Gasteiger partial charge in [-0.05, 0) is 64.2 Å². The van der Waals surface area contributed by atoms with Crippen LogP contribution in [-0.2, 0) is 9.59 Å². The minimum Gasteiger partial charge on any atom is -0.326 e. The van der Waals surface area contributed by atoms with Gasteiger partial charge in [0.15, 0.2) is 0 Å². The number of amides is 2. The third-order valence-electron chi connectivity index (χ3n) is 4.44. The molecule has 0 bridgehead atoms. The number of carbonyl (C=O) groups excluding carboxylic acids is 2. The van der Waals surface area contributed by atoms with Crippen LogP contribution in [0.3, 0.4) is 0 Å². The topological polar surface area (TPSA) is 61.4 Å². The minimum absolute atomic E-state index is 0.00325. The van der Waals surface area contributed by atoms with Crippen molar-refractivity contribution in [2.75, 3.05) is 25.5 Å². The maximum Gasteiger partial charge on any atom is 0.255 e. The van der Waals surface area contributed by atoms with Crippen LogP contribution in [0.2, 0.25) is 0 Å². The second kappa shape index (κ2) is 9.73. The molecule has 0 radical (unpaired) electrons. The highest BCUT2D eigenvalue weighted by Crippen LogP contribution is 2.16. The van der Waals surface area contributed by atoms with Gasteiger partial charge in [-0.15, -0.1) is 0 Å². The van der Waals surface area contributed by atoms with E-state index in [4.69, 9.17) is 0 Å². The molecule has 138 valence electrons. The van der Waals surface area contributed by atoms with Crippen LogP contribution in [0.4, 0.5) is 5.69 Å².